The van der Waals surface area contributed by atoms with Crippen molar-refractivity contribution in [3.8, 4) is 0 Å². The lowest BCUT2D eigenvalue weighted by molar-refractivity contribution is 0.196. The first-order valence-electron chi connectivity index (χ1n) is 11.1. The maximum Gasteiger partial charge on any atom is 0.191 e. The topological polar surface area (TPSA) is 68.3 Å². The smallest absolute Gasteiger partial charge is 0.191 e. The molecule has 7 heteroatoms. The molecule has 3 aromatic rings. The highest BCUT2D eigenvalue weighted by Crippen LogP contribution is 2.22. The molecule has 3 N–H and O–H groups in total. The monoisotopic (exact) mass is 438 g/mol. The van der Waals surface area contributed by atoms with Crippen molar-refractivity contribution in [3.05, 3.63) is 65.1 Å². The first kappa shape index (κ1) is 21.7. The maximum atomic E-state index is 6.17. The normalized spacial score (nSPS) is 16.0. The summed E-state index contributed by atoms with van der Waals surface area (Å²) in [6.45, 7) is 6.76. The molecular weight excluding hydrogens is 408 g/mol. The average Bonchev–Trinajstić information content (AvgIpc) is 3.18. The van der Waals surface area contributed by atoms with Crippen molar-refractivity contribution < 1.29 is 0 Å². The molecule has 0 atom stereocenters. The number of hydrogen-bond donors (Lipinski definition) is 3. The van der Waals surface area contributed by atoms with Crippen LogP contribution in [0.4, 0.5) is 0 Å². The number of rotatable bonds is 7. The van der Waals surface area contributed by atoms with Crippen LogP contribution in [0.5, 0.6) is 0 Å². The third-order valence-electron chi connectivity index (χ3n) is 5.76. The summed E-state index contributed by atoms with van der Waals surface area (Å²) < 4.78 is 0. The number of guanidine groups is 1. The molecule has 0 unspecified atom stereocenters. The van der Waals surface area contributed by atoms with Crippen molar-refractivity contribution in [2.24, 2.45) is 4.99 Å². The molecule has 2 aromatic heterocycles. The molecule has 0 aliphatic carbocycles. The number of aromatic amines is 1. The van der Waals surface area contributed by atoms with Gasteiger partial charge in [-0.25, -0.2) is 0 Å². The zero-order valence-corrected chi connectivity index (χ0v) is 18.8. The number of aliphatic imine (C=N–C) groups is 1. The van der Waals surface area contributed by atoms with Crippen LogP contribution in [-0.4, -0.2) is 53.0 Å². The molecule has 1 aromatic carbocycles. The minimum absolute atomic E-state index is 0.449. The van der Waals surface area contributed by atoms with Crippen LogP contribution < -0.4 is 10.6 Å². The number of piperidine rings is 1. The predicted octanol–water partition coefficient (Wildman–Crippen LogP) is 3.98. The molecule has 164 valence electrons. The van der Waals surface area contributed by atoms with Crippen molar-refractivity contribution in [2.75, 3.05) is 26.2 Å². The highest BCUT2D eigenvalue weighted by molar-refractivity contribution is 6.31. The number of benzene rings is 1. The van der Waals surface area contributed by atoms with Gasteiger partial charge in [0.1, 0.15) is 0 Å². The summed E-state index contributed by atoms with van der Waals surface area (Å²) in [5.74, 6) is 0.906. The van der Waals surface area contributed by atoms with E-state index in [9.17, 15) is 0 Å². The van der Waals surface area contributed by atoms with Crippen LogP contribution in [0.1, 0.15) is 31.0 Å². The molecule has 1 saturated heterocycles. The zero-order chi connectivity index (χ0) is 21.5. The predicted molar refractivity (Wildman–Crippen MR) is 129 cm³/mol. The SMILES string of the molecule is CCNC(=NCCc1c[nH]c2ccc(Cl)cc12)NC1CCN(Cc2ccccn2)CC1. The van der Waals surface area contributed by atoms with Gasteiger partial charge >= 0.3 is 0 Å². The van der Waals surface area contributed by atoms with Crippen LogP contribution in [0, 0.1) is 0 Å². The average molecular weight is 439 g/mol. The summed E-state index contributed by atoms with van der Waals surface area (Å²) in [4.78, 5) is 15.1. The lowest BCUT2D eigenvalue weighted by Gasteiger charge is -2.32. The van der Waals surface area contributed by atoms with Gasteiger partial charge in [-0.15, -0.1) is 0 Å². The van der Waals surface area contributed by atoms with Crippen molar-refractivity contribution >= 4 is 28.5 Å². The lowest BCUT2D eigenvalue weighted by Crippen LogP contribution is -2.48. The number of aromatic nitrogens is 2. The van der Waals surface area contributed by atoms with Gasteiger partial charge in [0.2, 0.25) is 0 Å². The Kier molecular flexibility index (Phi) is 7.43. The highest BCUT2D eigenvalue weighted by Gasteiger charge is 2.20. The fraction of sp³-hybridized carbons (Fsp3) is 0.417. The van der Waals surface area contributed by atoms with Gasteiger partial charge in [-0.2, -0.15) is 0 Å². The molecule has 0 bridgehead atoms. The van der Waals surface area contributed by atoms with Crippen molar-refractivity contribution in [3.63, 3.8) is 0 Å². The van der Waals surface area contributed by atoms with E-state index in [1.807, 2.05) is 30.5 Å². The van der Waals surface area contributed by atoms with Crippen LogP contribution in [0.3, 0.4) is 0 Å². The van der Waals surface area contributed by atoms with Gasteiger partial charge in [-0.05, 0) is 62.1 Å². The minimum Gasteiger partial charge on any atom is -0.361 e. The van der Waals surface area contributed by atoms with Crippen molar-refractivity contribution in [1.82, 2.24) is 25.5 Å². The number of nitrogens with one attached hydrogen (secondary N) is 3. The molecule has 0 amide bonds. The van der Waals surface area contributed by atoms with Gasteiger partial charge in [0.25, 0.3) is 0 Å². The number of pyridine rings is 1. The summed E-state index contributed by atoms with van der Waals surface area (Å²) >= 11 is 6.17. The van der Waals surface area contributed by atoms with Gasteiger partial charge in [0.15, 0.2) is 5.96 Å². The molecule has 3 heterocycles. The molecular formula is C24H31ClN6. The van der Waals surface area contributed by atoms with Crippen molar-refractivity contribution in [2.45, 2.75) is 38.8 Å². The first-order chi connectivity index (χ1) is 15.2. The van der Waals surface area contributed by atoms with E-state index in [4.69, 9.17) is 16.6 Å². The second-order valence-electron chi connectivity index (χ2n) is 8.03. The van der Waals surface area contributed by atoms with E-state index < -0.39 is 0 Å². The number of likely N-dealkylation sites (tertiary alicyclic amines) is 1. The minimum atomic E-state index is 0.449. The second-order valence-corrected chi connectivity index (χ2v) is 8.47. The Morgan fingerprint density at radius 3 is 2.90 bits per heavy atom. The number of H-pyrrole nitrogens is 1. The lowest BCUT2D eigenvalue weighted by atomic mass is 10.0. The van der Waals surface area contributed by atoms with Gasteiger partial charge in [0.05, 0.1) is 5.69 Å². The Morgan fingerprint density at radius 1 is 1.26 bits per heavy atom. The maximum absolute atomic E-state index is 6.17. The van der Waals surface area contributed by atoms with Crippen LogP contribution in [0.2, 0.25) is 5.02 Å². The van der Waals surface area contributed by atoms with Crippen molar-refractivity contribution in [1.29, 1.82) is 0 Å². The molecule has 0 spiro atoms. The first-order valence-corrected chi connectivity index (χ1v) is 11.5. The van der Waals surface area contributed by atoms with E-state index in [-0.39, 0.29) is 0 Å². The molecule has 1 aliphatic rings. The van der Waals surface area contributed by atoms with Gasteiger partial charge in [-0.1, -0.05) is 17.7 Å². The second kappa shape index (κ2) is 10.6. The molecule has 1 aliphatic heterocycles. The largest absolute Gasteiger partial charge is 0.361 e. The van der Waals surface area contributed by atoms with E-state index in [0.717, 1.165) is 74.2 Å². The van der Waals surface area contributed by atoms with E-state index in [0.29, 0.717) is 6.04 Å². The third-order valence-corrected chi connectivity index (χ3v) is 6.00. The fourth-order valence-corrected chi connectivity index (χ4v) is 4.29. The van der Waals surface area contributed by atoms with Crippen LogP contribution in [0.25, 0.3) is 10.9 Å². The van der Waals surface area contributed by atoms with Crippen LogP contribution in [-0.2, 0) is 13.0 Å². The van der Waals surface area contributed by atoms with Crippen LogP contribution >= 0.6 is 11.6 Å². The van der Waals surface area contributed by atoms with Gasteiger partial charge in [-0.3, -0.25) is 14.9 Å². The highest BCUT2D eigenvalue weighted by atomic mass is 35.5. The number of hydrogen-bond acceptors (Lipinski definition) is 3. The summed E-state index contributed by atoms with van der Waals surface area (Å²) in [6.07, 6.45) is 7.03. The Bertz CT molecular complexity index is 992. The summed E-state index contributed by atoms with van der Waals surface area (Å²) in [5.41, 5.74) is 3.51. The third kappa shape index (κ3) is 5.99. The number of nitrogens with zero attached hydrogens (tertiary/aromatic N) is 3. The zero-order valence-electron chi connectivity index (χ0n) is 18.1. The Labute approximate surface area is 189 Å². The van der Waals surface area contributed by atoms with E-state index in [1.54, 1.807) is 0 Å². The summed E-state index contributed by atoms with van der Waals surface area (Å²) in [5, 5.41) is 8.98. The number of fused-ring (bicyclic) bond motifs is 1. The number of halogens is 1. The molecule has 31 heavy (non-hydrogen) atoms. The molecule has 6 nitrogen and oxygen atoms in total. The molecule has 4 rings (SSSR count). The Balaban J connectivity index is 1.28. The standard InChI is InChI=1S/C24H31ClN6/c1-2-26-24(28-12-8-18-16-29-23-7-6-19(25)15-22(18)23)30-20-9-13-31(14-10-20)17-21-5-3-4-11-27-21/h3-7,11,15-16,20,29H,2,8-10,12-14,17H2,1H3,(H2,26,28,30). The van der Waals surface area contributed by atoms with E-state index >= 15 is 0 Å². The molecule has 0 saturated carbocycles. The Morgan fingerprint density at radius 2 is 2.13 bits per heavy atom. The fourth-order valence-electron chi connectivity index (χ4n) is 4.12. The van der Waals surface area contributed by atoms with Gasteiger partial charge in [0, 0.05) is 67.1 Å². The Hall–Kier alpha value is -2.57. The quantitative estimate of drug-likeness (QED) is 0.385. The summed E-state index contributed by atoms with van der Waals surface area (Å²) in [7, 11) is 0. The van der Waals surface area contributed by atoms with E-state index in [2.05, 4.69) is 50.8 Å². The summed E-state index contributed by atoms with van der Waals surface area (Å²) in [6, 6.07) is 12.5. The molecule has 0 radical (unpaired) electrons. The van der Waals surface area contributed by atoms with E-state index in [1.165, 1.54) is 10.9 Å². The molecule has 1 fully saturated rings. The van der Waals surface area contributed by atoms with Gasteiger partial charge < -0.3 is 15.6 Å². The van der Waals surface area contributed by atoms with Crippen LogP contribution in [0.15, 0.2) is 53.8 Å².